The molecule has 0 unspecified atom stereocenters. The molecule has 0 fully saturated rings. The molecule has 1 aromatic carbocycles. The Labute approximate surface area is 90.8 Å². The van der Waals surface area contributed by atoms with Crippen LogP contribution >= 0.6 is 43.5 Å². The molecule has 0 bridgehead atoms. The minimum atomic E-state index is -1.03. The van der Waals surface area contributed by atoms with Gasteiger partial charge in [-0.3, -0.25) is 0 Å². The molecule has 0 aromatic heterocycles. The van der Waals surface area contributed by atoms with E-state index in [1.165, 1.54) is 12.1 Å². The quantitative estimate of drug-likeness (QED) is 0.805. The van der Waals surface area contributed by atoms with Gasteiger partial charge in [0.1, 0.15) is 0 Å². The van der Waals surface area contributed by atoms with Crippen molar-refractivity contribution in [2.45, 2.75) is 0 Å². The van der Waals surface area contributed by atoms with Crippen LogP contribution < -0.4 is 0 Å². The summed E-state index contributed by atoms with van der Waals surface area (Å²) in [6.07, 6.45) is 0. The minimum absolute atomic E-state index is 0.0896. The van der Waals surface area contributed by atoms with Crippen molar-refractivity contribution in [1.82, 2.24) is 0 Å². The molecule has 1 aromatic rings. The first-order valence-electron chi connectivity index (χ1n) is 2.90. The van der Waals surface area contributed by atoms with Crippen LogP contribution in [0.3, 0.4) is 0 Å². The Morgan fingerprint density at radius 2 is 1.83 bits per heavy atom. The molecule has 0 aliphatic carbocycles. The van der Waals surface area contributed by atoms with E-state index >= 15 is 0 Å². The third-order valence-corrected chi connectivity index (χ3v) is 3.40. The van der Waals surface area contributed by atoms with Crippen LogP contribution in [0.2, 0.25) is 5.02 Å². The first-order chi connectivity index (χ1) is 5.52. The lowest BCUT2D eigenvalue weighted by Crippen LogP contribution is -1.97. The van der Waals surface area contributed by atoms with E-state index in [0.29, 0.717) is 4.47 Å². The SMILES string of the molecule is O=C(O)c1cc(Br)c(Br)cc1Cl. The molecule has 0 saturated heterocycles. The summed E-state index contributed by atoms with van der Waals surface area (Å²) in [6.45, 7) is 0. The molecule has 12 heavy (non-hydrogen) atoms. The summed E-state index contributed by atoms with van der Waals surface area (Å²) < 4.78 is 1.40. The topological polar surface area (TPSA) is 37.3 Å². The van der Waals surface area contributed by atoms with Crippen LogP contribution in [0, 0.1) is 0 Å². The summed E-state index contributed by atoms with van der Waals surface area (Å²) in [7, 11) is 0. The zero-order valence-electron chi connectivity index (χ0n) is 5.64. The molecule has 1 N–H and O–H groups in total. The average molecular weight is 314 g/mol. The molecule has 5 heteroatoms. The lowest BCUT2D eigenvalue weighted by molar-refractivity contribution is 0.0697. The first kappa shape index (κ1) is 10.0. The van der Waals surface area contributed by atoms with Crippen molar-refractivity contribution in [3.63, 3.8) is 0 Å². The van der Waals surface area contributed by atoms with E-state index in [0.717, 1.165) is 4.47 Å². The average Bonchev–Trinajstić information content (AvgIpc) is 1.96. The van der Waals surface area contributed by atoms with Gasteiger partial charge in [-0.2, -0.15) is 0 Å². The van der Waals surface area contributed by atoms with Crippen LogP contribution in [0.5, 0.6) is 0 Å². The minimum Gasteiger partial charge on any atom is -0.478 e. The van der Waals surface area contributed by atoms with Crippen molar-refractivity contribution in [3.05, 3.63) is 31.7 Å². The maximum absolute atomic E-state index is 10.6. The number of carbonyl (C=O) groups is 1. The highest BCUT2D eigenvalue weighted by molar-refractivity contribution is 9.13. The van der Waals surface area contributed by atoms with Crippen LogP contribution in [-0.4, -0.2) is 11.1 Å². The predicted octanol–water partition coefficient (Wildman–Crippen LogP) is 3.56. The molecule has 1 rings (SSSR count). The van der Waals surface area contributed by atoms with E-state index < -0.39 is 5.97 Å². The third-order valence-electron chi connectivity index (χ3n) is 1.24. The van der Waals surface area contributed by atoms with E-state index in [2.05, 4.69) is 31.9 Å². The Balaban J connectivity index is 3.33. The molecule has 0 atom stereocenters. The number of hydrogen-bond donors (Lipinski definition) is 1. The molecule has 64 valence electrons. The lowest BCUT2D eigenvalue weighted by atomic mass is 10.2. The third kappa shape index (κ3) is 2.00. The lowest BCUT2D eigenvalue weighted by Gasteiger charge is -2.01. The van der Waals surface area contributed by atoms with Crippen LogP contribution in [0.15, 0.2) is 21.1 Å². The Bertz CT molecular complexity index is 338. The summed E-state index contributed by atoms with van der Waals surface area (Å²) in [4.78, 5) is 10.6. The number of aromatic carboxylic acids is 1. The Morgan fingerprint density at radius 1 is 1.33 bits per heavy atom. The fraction of sp³-hybridized carbons (Fsp3) is 0. The largest absolute Gasteiger partial charge is 0.478 e. The molecule has 0 spiro atoms. The molecule has 0 radical (unpaired) electrons. The van der Waals surface area contributed by atoms with E-state index in [9.17, 15) is 4.79 Å². The summed E-state index contributed by atoms with van der Waals surface area (Å²) in [5.74, 6) is -1.03. The molecule has 0 aliphatic heterocycles. The highest BCUT2D eigenvalue weighted by atomic mass is 79.9. The van der Waals surface area contributed by atoms with Crippen LogP contribution in [0.1, 0.15) is 10.4 Å². The van der Waals surface area contributed by atoms with Gasteiger partial charge in [-0.25, -0.2) is 4.79 Å². The summed E-state index contributed by atoms with van der Waals surface area (Å²) in [5, 5.41) is 8.88. The van der Waals surface area contributed by atoms with Gasteiger partial charge in [-0.05, 0) is 44.0 Å². The summed E-state index contributed by atoms with van der Waals surface area (Å²) >= 11 is 12.0. The highest BCUT2D eigenvalue weighted by Crippen LogP contribution is 2.29. The number of benzene rings is 1. The van der Waals surface area contributed by atoms with Crippen LogP contribution in [0.25, 0.3) is 0 Å². The smallest absolute Gasteiger partial charge is 0.337 e. The predicted molar refractivity (Wildman–Crippen MR) is 53.8 cm³/mol. The van der Waals surface area contributed by atoms with Crippen molar-refractivity contribution in [3.8, 4) is 0 Å². The van der Waals surface area contributed by atoms with Crippen molar-refractivity contribution < 1.29 is 9.90 Å². The first-order valence-corrected chi connectivity index (χ1v) is 4.86. The second-order valence-electron chi connectivity index (χ2n) is 2.05. The van der Waals surface area contributed by atoms with Gasteiger partial charge in [0.2, 0.25) is 0 Å². The van der Waals surface area contributed by atoms with E-state index in [1.807, 2.05) is 0 Å². The maximum atomic E-state index is 10.6. The van der Waals surface area contributed by atoms with E-state index in [4.69, 9.17) is 16.7 Å². The standard InChI is InChI=1S/C7H3Br2ClO2/c8-4-1-3(7(11)12)6(10)2-5(4)9/h1-2H,(H,11,12). The number of halogens is 3. The van der Waals surface area contributed by atoms with Gasteiger partial charge in [0.05, 0.1) is 10.6 Å². The Morgan fingerprint density at radius 3 is 2.33 bits per heavy atom. The maximum Gasteiger partial charge on any atom is 0.337 e. The molecule has 0 amide bonds. The van der Waals surface area contributed by atoms with Crippen LogP contribution in [0.4, 0.5) is 0 Å². The van der Waals surface area contributed by atoms with E-state index in [-0.39, 0.29) is 10.6 Å². The normalized spacial score (nSPS) is 9.92. The molecule has 0 saturated carbocycles. The van der Waals surface area contributed by atoms with Gasteiger partial charge >= 0.3 is 5.97 Å². The van der Waals surface area contributed by atoms with Crippen molar-refractivity contribution in [1.29, 1.82) is 0 Å². The van der Waals surface area contributed by atoms with Crippen molar-refractivity contribution in [2.24, 2.45) is 0 Å². The number of rotatable bonds is 1. The van der Waals surface area contributed by atoms with Gasteiger partial charge in [0.15, 0.2) is 0 Å². The summed E-state index contributed by atoms with van der Waals surface area (Å²) in [5.41, 5.74) is 0.0896. The van der Waals surface area contributed by atoms with Crippen molar-refractivity contribution in [2.75, 3.05) is 0 Å². The second-order valence-corrected chi connectivity index (χ2v) is 4.17. The van der Waals surface area contributed by atoms with Gasteiger partial charge in [-0.15, -0.1) is 0 Å². The van der Waals surface area contributed by atoms with Crippen molar-refractivity contribution >= 4 is 49.4 Å². The Kier molecular flexibility index (Phi) is 3.15. The van der Waals surface area contributed by atoms with Gasteiger partial charge < -0.3 is 5.11 Å². The zero-order valence-corrected chi connectivity index (χ0v) is 9.57. The summed E-state index contributed by atoms with van der Waals surface area (Å²) in [6, 6.07) is 2.99. The number of hydrogen-bond acceptors (Lipinski definition) is 1. The van der Waals surface area contributed by atoms with Gasteiger partial charge in [0, 0.05) is 8.95 Å². The van der Waals surface area contributed by atoms with Gasteiger partial charge in [-0.1, -0.05) is 11.6 Å². The monoisotopic (exact) mass is 312 g/mol. The molecular weight excluding hydrogens is 311 g/mol. The number of carboxylic acid groups (broad SMARTS) is 1. The fourth-order valence-electron chi connectivity index (χ4n) is 0.686. The van der Waals surface area contributed by atoms with E-state index in [1.54, 1.807) is 0 Å². The van der Waals surface area contributed by atoms with Crippen LogP contribution in [-0.2, 0) is 0 Å². The number of carboxylic acids is 1. The highest BCUT2D eigenvalue weighted by Gasteiger charge is 2.10. The molecular formula is C7H3Br2ClO2. The molecule has 2 nitrogen and oxygen atoms in total. The zero-order chi connectivity index (χ0) is 9.30. The fourth-order valence-corrected chi connectivity index (χ4v) is 1.75. The Hall–Kier alpha value is -0.0600. The molecule has 0 aliphatic rings. The van der Waals surface area contributed by atoms with Gasteiger partial charge in [0.25, 0.3) is 0 Å². The molecule has 0 heterocycles. The second kappa shape index (κ2) is 3.77.